The summed E-state index contributed by atoms with van der Waals surface area (Å²) in [5.41, 5.74) is 1.28. The summed E-state index contributed by atoms with van der Waals surface area (Å²) in [6.45, 7) is 10.5. The van der Waals surface area contributed by atoms with Crippen LogP contribution in [-0.4, -0.2) is 67.0 Å². The number of aryl methyl sites for hydroxylation is 2. The number of anilines is 1. The molecule has 160 valence electrons. The van der Waals surface area contributed by atoms with Gasteiger partial charge in [-0.1, -0.05) is 6.07 Å². The van der Waals surface area contributed by atoms with E-state index >= 15 is 0 Å². The van der Waals surface area contributed by atoms with Gasteiger partial charge in [-0.25, -0.2) is 9.97 Å². The molecule has 3 aromatic heterocycles. The number of morpholine rings is 1. The third kappa shape index (κ3) is 3.99. The van der Waals surface area contributed by atoms with E-state index in [9.17, 15) is 0 Å². The first-order valence-corrected chi connectivity index (χ1v) is 12.4. The van der Waals surface area contributed by atoms with Gasteiger partial charge in [0.2, 0.25) is 0 Å². The predicted molar refractivity (Wildman–Crippen MR) is 124 cm³/mol. The van der Waals surface area contributed by atoms with Gasteiger partial charge in [-0.3, -0.25) is 4.90 Å². The molecular weight excluding hydrogens is 416 g/mol. The molecular formula is C22H28N4O2S2. The van der Waals surface area contributed by atoms with Crippen molar-refractivity contribution in [2.24, 2.45) is 5.92 Å². The molecule has 2 fully saturated rings. The number of ether oxygens (including phenoxy) is 2. The van der Waals surface area contributed by atoms with Crippen molar-refractivity contribution in [1.82, 2.24) is 14.9 Å². The van der Waals surface area contributed by atoms with E-state index in [0.717, 1.165) is 73.8 Å². The van der Waals surface area contributed by atoms with Crippen molar-refractivity contribution in [2.75, 3.05) is 51.4 Å². The van der Waals surface area contributed by atoms with Gasteiger partial charge in [0.15, 0.2) is 5.82 Å². The molecule has 0 saturated carbocycles. The zero-order valence-electron chi connectivity index (χ0n) is 17.5. The number of rotatable bonds is 6. The van der Waals surface area contributed by atoms with Crippen LogP contribution >= 0.6 is 22.7 Å². The molecule has 0 unspecified atom stereocenters. The Morgan fingerprint density at radius 1 is 1.20 bits per heavy atom. The summed E-state index contributed by atoms with van der Waals surface area (Å²) in [6, 6.07) is 4.57. The van der Waals surface area contributed by atoms with Gasteiger partial charge >= 0.3 is 0 Å². The van der Waals surface area contributed by atoms with Crippen LogP contribution in [0.4, 0.5) is 5.82 Å². The lowest BCUT2D eigenvalue weighted by molar-refractivity contribution is 0.00460. The SMILES string of the molecule is Cc1sc2nc(-c3cccs3)nc(NC[C@@H]([C@H]3CCOC3)N3CCOCC3)c2c1C. The second-order valence-electron chi connectivity index (χ2n) is 8.06. The Labute approximate surface area is 185 Å². The van der Waals surface area contributed by atoms with Crippen LogP contribution in [0.25, 0.3) is 20.9 Å². The lowest BCUT2D eigenvalue weighted by Crippen LogP contribution is -2.50. The largest absolute Gasteiger partial charge is 0.381 e. The molecule has 0 amide bonds. The molecule has 0 aliphatic carbocycles. The molecule has 0 bridgehead atoms. The second-order valence-corrected chi connectivity index (χ2v) is 10.2. The first-order chi connectivity index (χ1) is 14.7. The van der Waals surface area contributed by atoms with E-state index in [2.05, 4.69) is 41.6 Å². The summed E-state index contributed by atoms with van der Waals surface area (Å²) >= 11 is 3.44. The number of hydrogen-bond donors (Lipinski definition) is 1. The van der Waals surface area contributed by atoms with Crippen LogP contribution in [0.3, 0.4) is 0 Å². The highest BCUT2D eigenvalue weighted by molar-refractivity contribution is 7.19. The van der Waals surface area contributed by atoms with Gasteiger partial charge < -0.3 is 14.8 Å². The molecule has 6 nitrogen and oxygen atoms in total. The fourth-order valence-electron chi connectivity index (χ4n) is 4.45. The zero-order chi connectivity index (χ0) is 20.5. The van der Waals surface area contributed by atoms with E-state index in [-0.39, 0.29) is 0 Å². The van der Waals surface area contributed by atoms with Gasteiger partial charge in [0.1, 0.15) is 10.6 Å². The van der Waals surface area contributed by atoms with E-state index in [1.807, 2.05) is 0 Å². The molecule has 2 aliphatic rings. The normalized spacial score (nSPS) is 21.3. The molecule has 2 saturated heterocycles. The molecule has 30 heavy (non-hydrogen) atoms. The smallest absolute Gasteiger partial charge is 0.173 e. The van der Waals surface area contributed by atoms with Crippen LogP contribution in [0, 0.1) is 19.8 Å². The predicted octanol–water partition coefficient (Wildman–Crippen LogP) is 4.19. The summed E-state index contributed by atoms with van der Waals surface area (Å²) in [4.78, 5) is 15.9. The molecule has 0 radical (unpaired) electrons. The van der Waals surface area contributed by atoms with E-state index in [1.54, 1.807) is 22.7 Å². The van der Waals surface area contributed by atoms with Crippen LogP contribution in [0.2, 0.25) is 0 Å². The topological polar surface area (TPSA) is 59.5 Å². The average Bonchev–Trinajstić information content (AvgIpc) is 3.52. The number of nitrogens with one attached hydrogen (secondary N) is 1. The van der Waals surface area contributed by atoms with Crippen LogP contribution in [0.5, 0.6) is 0 Å². The van der Waals surface area contributed by atoms with E-state index in [1.165, 1.54) is 15.8 Å². The van der Waals surface area contributed by atoms with Crippen molar-refractivity contribution in [3.8, 4) is 10.7 Å². The van der Waals surface area contributed by atoms with Crippen LogP contribution in [0.1, 0.15) is 16.9 Å². The first kappa shape index (κ1) is 20.3. The fraction of sp³-hybridized carbons (Fsp3) is 0.545. The Morgan fingerprint density at radius 2 is 2.07 bits per heavy atom. The number of thiophene rings is 2. The maximum atomic E-state index is 5.73. The highest BCUT2D eigenvalue weighted by Gasteiger charge is 2.31. The first-order valence-electron chi connectivity index (χ1n) is 10.7. The van der Waals surface area contributed by atoms with Crippen LogP contribution in [0.15, 0.2) is 17.5 Å². The molecule has 5 heterocycles. The van der Waals surface area contributed by atoms with Crippen molar-refractivity contribution in [2.45, 2.75) is 26.3 Å². The monoisotopic (exact) mass is 444 g/mol. The highest BCUT2D eigenvalue weighted by Crippen LogP contribution is 2.36. The van der Waals surface area contributed by atoms with Crippen molar-refractivity contribution in [3.63, 3.8) is 0 Å². The van der Waals surface area contributed by atoms with Crippen molar-refractivity contribution in [3.05, 3.63) is 28.0 Å². The lowest BCUT2D eigenvalue weighted by Gasteiger charge is -2.37. The van der Waals surface area contributed by atoms with E-state index in [4.69, 9.17) is 19.4 Å². The minimum Gasteiger partial charge on any atom is -0.381 e. The summed E-state index contributed by atoms with van der Waals surface area (Å²) in [5, 5.41) is 6.99. The highest BCUT2D eigenvalue weighted by atomic mass is 32.1. The Balaban J connectivity index is 1.46. The Bertz CT molecular complexity index is 992. The zero-order valence-corrected chi connectivity index (χ0v) is 19.2. The maximum absolute atomic E-state index is 5.73. The third-order valence-electron chi connectivity index (χ3n) is 6.27. The summed E-state index contributed by atoms with van der Waals surface area (Å²) < 4.78 is 11.3. The van der Waals surface area contributed by atoms with Gasteiger partial charge in [0, 0.05) is 43.1 Å². The quantitative estimate of drug-likeness (QED) is 0.615. The van der Waals surface area contributed by atoms with Crippen molar-refractivity contribution < 1.29 is 9.47 Å². The van der Waals surface area contributed by atoms with Crippen molar-refractivity contribution in [1.29, 1.82) is 0 Å². The van der Waals surface area contributed by atoms with Gasteiger partial charge in [0.05, 0.1) is 30.1 Å². The average molecular weight is 445 g/mol. The minimum absolute atomic E-state index is 0.423. The molecule has 0 spiro atoms. The molecule has 2 aliphatic heterocycles. The molecule has 0 aromatic carbocycles. The third-order valence-corrected chi connectivity index (χ3v) is 8.24. The second kappa shape index (κ2) is 8.88. The standard InChI is InChI=1S/C22H28N4O2S2/c1-14-15(2)30-22-19(14)21(24-20(25-22)18-4-3-11-29-18)23-12-17(16-5-8-28-13-16)26-6-9-27-10-7-26/h3-4,11,16-17H,5-10,12-13H2,1-2H3,(H,23,24,25)/t16-,17-/m0/s1. The number of fused-ring (bicyclic) bond motifs is 1. The fourth-order valence-corrected chi connectivity index (χ4v) is 6.14. The van der Waals surface area contributed by atoms with Gasteiger partial charge in [-0.2, -0.15) is 0 Å². The van der Waals surface area contributed by atoms with E-state index < -0.39 is 0 Å². The Hall–Kier alpha value is -1.58. The molecule has 2 atom stereocenters. The van der Waals surface area contributed by atoms with Crippen molar-refractivity contribution >= 4 is 38.7 Å². The maximum Gasteiger partial charge on any atom is 0.173 e. The molecule has 5 rings (SSSR count). The Morgan fingerprint density at radius 3 is 2.80 bits per heavy atom. The summed E-state index contributed by atoms with van der Waals surface area (Å²) in [6.07, 6.45) is 1.12. The number of hydrogen-bond acceptors (Lipinski definition) is 8. The summed E-state index contributed by atoms with van der Waals surface area (Å²) in [7, 11) is 0. The summed E-state index contributed by atoms with van der Waals surface area (Å²) in [5.74, 6) is 2.32. The van der Waals surface area contributed by atoms with Gasteiger partial charge in [-0.15, -0.1) is 22.7 Å². The van der Waals surface area contributed by atoms with Gasteiger partial charge in [0.25, 0.3) is 0 Å². The molecule has 3 aromatic rings. The van der Waals surface area contributed by atoms with Gasteiger partial charge in [-0.05, 0) is 37.3 Å². The number of aromatic nitrogens is 2. The minimum atomic E-state index is 0.423. The van der Waals surface area contributed by atoms with Crippen LogP contribution < -0.4 is 5.32 Å². The number of nitrogens with zero attached hydrogens (tertiary/aromatic N) is 3. The molecule has 1 N–H and O–H groups in total. The Kier molecular flexibility index (Phi) is 6.02. The lowest BCUT2D eigenvalue weighted by atomic mass is 9.97. The van der Waals surface area contributed by atoms with Crippen LogP contribution in [-0.2, 0) is 9.47 Å². The molecule has 8 heteroatoms. The van der Waals surface area contributed by atoms with E-state index in [0.29, 0.717) is 12.0 Å².